The molecular formula is C22H23N5O. The first-order valence-electron chi connectivity index (χ1n) is 9.69. The van der Waals surface area contributed by atoms with E-state index in [-0.39, 0.29) is 11.9 Å². The second-order valence-corrected chi connectivity index (χ2v) is 7.38. The number of aryl methyl sites for hydroxylation is 3. The summed E-state index contributed by atoms with van der Waals surface area (Å²) >= 11 is 0. The maximum atomic E-state index is 12.6. The minimum Gasteiger partial charge on any atom is -0.349 e. The van der Waals surface area contributed by atoms with Gasteiger partial charge in [0.15, 0.2) is 5.65 Å². The van der Waals surface area contributed by atoms with E-state index in [1.54, 1.807) is 4.52 Å². The van der Waals surface area contributed by atoms with E-state index in [9.17, 15) is 10.1 Å². The van der Waals surface area contributed by atoms with Gasteiger partial charge in [0.2, 0.25) is 5.91 Å². The van der Waals surface area contributed by atoms with E-state index in [0.29, 0.717) is 24.1 Å². The Labute approximate surface area is 164 Å². The highest BCUT2D eigenvalue weighted by Gasteiger charge is 2.22. The van der Waals surface area contributed by atoms with Gasteiger partial charge in [0, 0.05) is 17.8 Å². The highest BCUT2D eigenvalue weighted by Crippen LogP contribution is 2.29. The molecular weight excluding hydrogens is 350 g/mol. The highest BCUT2D eigenvalue weighted by atomic mass is 16.1. The predicted molar refractivity (Wildman–Crippen MR) is 106 cm³/mol. The molecule has 28 heavy (non-hydrogen) atoms. The fourth-order valence-electron chi connectivity index (χ4n) is 4.16. The maximum absolute atomic E-state index is 12.6. The minimum atomic E-state index is 0.0544. The molecule has 3 aromatic rings. The zero-order valence-electron chi connectivity index (χ0n) is 16.2. The zero-order valence-corrected chi connectivity index (χ0v) is 16.2. The smallest absolute Gasteiger partial charge is 0.220 e. The molecule has 0 saturated carbocycles. The van der Waals surface area contributed by atoms with Crippen molar-refractivity contribution in [1.82, 2.24) is 19.9 Å². The third kappa shape index (κ3) is 3.24. The lowest BCUT2D eigenvalue weighted by Crippen LogP contribution is -2.31. The van der Waals surface area contributed by atoms with E-state index in [1.165, 1.54) is 17.3 Å². The Hall–Kier alpha value is -3.20. The van der Waals surface area contributed by atoms with Gasteiger partial charge in [-0.3, -0.25) is 4.79 Å². The Morgan fingerprint density at radius 1 is 1.36 bits per heavy atom. The number of fused-ring (bicyclic) bond motifs is 2. The maximum Gasteiger partial charge on any atom is 0.220 e. The first-order chi connectivity index (χ1) is 13.6. The van der Waals surface area contributed by atoms with Gasteiger partial charge in [-0.1, -0.05) is 24.3 Å². The van der Waals surface area contributed by atoms with Gasteiger partial charge in [0.1, 0.15) is 11.6 Å². The van der Waals surface area contributed by atoms with Gasteiger partial charge in [-0.25, -0.2) is 9.50 Å². The third-order valence-electron chi connectivity index (χ3n) is 5.64. The van der Waals surface area contributed by atoms with E-state index in [0.717, 1.165) is 36.2 Å². The molecule has 0 saturated heterocycles. The van der Waals surface area contributed by atoms with Gasteiger partial charge >= 0.3 is 0 Å². The van der Waals surface area contributed by atoms with Crippen molar-refractivity contribution in [3.63, 3.8) is 0 Å². The molecule has 1 amide bonds. The zero-order chi connectivity index (χ0) is 19.7. The fourth-order valence-corrected chi connectivity index (χ4v) is 4.16. The Bertz CT molecular complexity index is 1090. The van der Waals surface area contributed by atoms with Gasteiger partial charge in [-0.15, -0.1) is 0 Å². The Kier molecular flexibility index (Phi) is 4.82. The summed E-state index contributed by atoms with van der Waals surface area (Å²) in [5, 5.41) is 16.7. The second-order valence-electron chi connectivity index (χ2n) is 7.38. The molecule has 4 rings (SSSR count). The summed E-state index contributed by atoms with van der Waals surface area (Å²) in [6.07, 6.45) is 5.70. The summed E-state index contributed by atoms with van der Waals surface area (Å²) in [5.41, 5.74) is 6.42. The van der Waals surface area contributed by atoms with Gasteiger partial charge < -0.3 is 5.32 Å². The van der Waals surface area contributed by atoms with Crippen LogP contribution in [-0.2, 0) is 17.6 Å². The lowest BCUT2D eigenvalue weighted by Gasteiger charge is -2.26. The number of benzene rings is 1. The van der Waals surface area contributed by atoms with Crippen molar-refractivity contribution in [2.45, 2.75) is 52.0 Å². The van der Waals surface area contributed by atoms with E-state index in [2.05, 4.69) is 39.7 Å². The van der Waals surface area contributed by atoms with Crippen molar-refractivity contribution >= 4 is 11.6 Å². The van der Waals surface area contributed by atoms with Gasteiger partial charge in [0.05, 0.1) is 12.2 Å². The average Bonchev–Trinajstić information content (AvgIpc) is 3.11. The van der Waals surface area contributed by atoms with Crippen LogP contribution in [0.25, 0.3) is 5.65 Å². The molecule has 1 aromatic carbocycles. The molecule has 1 aliphatic carbocycles. The van der Waals surface area contributed by atoms with E-state index in [4.69, 9.17) is 0 Å². The number of nitriles is 1. The molecule has 6 heteroatoms. The molecule has 1 atom stereocenters. The topological polar surface area (TPSA) is 83.1 Å². The molecule has 142 valence electrons. The molecule has 6 nitrogen and oxygen atoms in total. The predicted octanol–water partition coefficient (Wildman–Crippen LogP) is 3.34. The van der Waals surface area contributed by atoms with Crippen molar-refractivity contribution in [2.75, 3.05) is 0 Å². The first-order valence-corrected chi connectivity index (χ1v) is 9.69. The summed E-state index contributed by atoms with van der Waals surface area (Å²) in [6, 6.07) is 10.6. The van der Waals surface area contributed by atoms with Gasteiger partial charge in [-0.2, -0.15) is 10.4 Å². The molecule has 0 unspecified atom stereocenters. The van der Waals surface area contributed by atoms with Gasteiger partial charge in [-0.05, 0) is 56.2 Å². The van der Waals surface area contributed by atoms with Crippen molar-refractivity contribution in [3.8, 4) is 6.07 Å². The Balaban J connectivity index is 1.48. The van der Waals surface area contributed by atoms with E-state index in [1.807, 2.05) is 19.9 Å². The van der Waals surface area contributed by atoms with Crippen molar-refractivity contribution in [2.24, 2.45) is 0 Å². The molecule has 1 N–H and O–H groups in total. The minimum absolute atomic E-state index is 0.0544. The number of carbonyl (C=O) groups excluding carboxylic acids is 1. The summed E-state index contributed by atoms with van der Waals surface area (Å²) in [5.74, 6) is 0.0544. The number of hydrogen-bond donors (Lipinski definition) is 1. The van der Waals surface area contributed by atoms with Gasteiger partial charge in [0.25, 0.3) is 0 Å². The largest absolute Gasteiger partial charge is 0.349 e. The number of carbonyl (C=O) groups is 1. The molecule has 1 aliphatic rings. The lowest BCUT2D eigenvalue weighted by atomic mass is 9.87. The second kappa shape index (κ2) is 7.43. The van der Waals surface area contributed by atoms with Crippen LogP contribution >= 0.6 is 0 Å². The number of rotatable bonds is 4. The molecule has 0 aliphatic heterocycles. The van der Waals surface area contributed by atoms with Crippen LogP contribution < -0.4 is 5.32 Å². The summed E-state index contributed by atoms with van der Waals surface area (Å²) in [6.45, 7) is 3.88. The van der Waals surface area contributed by atoms with Crippen LogP contribution in [0, 0.1) is 25.2 Å². The SMILES string of the molecule is Cc1nc2c(C#N)cnn2c(C)c1CCC(=O)N[C@H]1CCCc2ccccc21. The monoisotopic (exact) mass is 373 g/mol. The summed E-state index contributed by atoms with van der Waals surface area (Å²) in [4.78, 5) is 17.2. The quantitative estimate of drug-likeness (QED) is 0.760. The van der Waals surface area contributed by atoms with Crippen LogP contribution in [0.5, 0.6) is 0 Å². The first kappa shape index (κ1) is 18.2. The molecule has 0 fully saturated rings. The van der Waals surface area contributed by atoms with E-state index < -0.39 is 0 Å². The molecule has 2 heterocycles. The van der Waals surface area contributed by atoms with Crippen molar-refractivity contribution < 1.29 is 4.79 Å². The number of hydrogen-bond acceptors (Lipinski definition) is 4. The molecule has 0 radical (unpaired) electrons. The average molecular weight is 373 g/mol. The number of amides is 1. The van der Waals surface area contributed by atoms with Crippen molar-refractivity contribution in [3.05, 3.63) is 64.1 Å². The Morgan fingerprint density at radius 3 is 3.00 bits per heavy atom. The van der Waals surface area contributed by atoms with Crippen molar-refractivity contribution in [1.29, 1.82) is 5.26 Å². The van der Waals surface area contributed by atoms with Crippen LogP contribution in [0.2, 0.25) is 0 Å². The Morgan fingerprint density at radius 2 is 2.18 bits per heavy atom. The van der Waals surface area contributed by atoms with Crippen LogP contribution in [0.4, 0.5) is 0 Å². The number of nitrogens with zero attached hydrogens (tertiary/aromatic N) is 4. The van der Waals surface area contributed by atoms with E-state index >= 15 is 0 Å². The number of aromatic nitrogens is 3. The third-order valence-corrected chi connectivity index (χ3v) is 5.64. The normalized spacial score (nSPS) is 15.8. The van der Waals surface area contributed by atoms with Crippen LogP contribution in [0.3, 0.4) is 0 Å². The standard InChI is InChI=1S/C22H23N5O/c1-14-18(15(2)27-22(25-14)17(12-23)13-24-27)10-11-21(28)26-20-9-5-7-16-6-3-4-8-19(16)20/h3-4,6,8,13,20H,5,7,9-11H2,1-2H3,(H,26,28)/t20-/m0/s1. The molecule has 2 aromatic heterocycles. The van der Waals surface area contributed by atoms with Crippen LogP contribution in [0.1, 0.15) is 58.9 Å². The van der Waals surface area contributed by atoms with Crippen LogP contribution in [0.15, 0.2) is 30.5 Å². The fraction of sp³-hybridized carbons (Fsp3) is 0.364. The lowest BCUT2D eigenvalue weighted by molar-refractivity contribution is -0.121. The summed E-state index contributed by atoms with van der Waals surface area (Å²) < 4.78 is 1.69. The molecule has 0 spiro atoms. The number of nitrogens with one attached hydrogen (secondary N) is 1. The summed E-state index contributed by atoms with van der Waals surface area (Å²) in [7, 11) is 0. The van der Waals surface area contributed by atoms with Crippen LogP contribution in [-0.4, -0.2) is 20.5 Å². The highest BCUT2D eigenvalue weighted by molar-refractivity contribution is 5.77. The molecule has 0 bridgehead atoms.